The number of piperidine rings is 1. The van der Waals surface area contributed by atoms with Crippen LogP contribution in [0.15, 0.2) is 48.5 Å². The van der Waals surface area contributed by atoms with Crippen molar-refractivity contribution >= 4 is 5.91 Å². The fourth-order valence-electron chi connectivity index (χ4n) is 4.09. The van der Waals surface area contributed by atoms with Crippen LogP contribution in [0, 0.1) is 5.92 Å². The van der Waals surface area contributed by atoms with Gasteiger partial charge in [-0.2, -0.15) is 0 Å². The molecule has 30 heavy (non-hydrogen) atoms. The molecular weight excluding hydrogens is 372 g/mol. The van der Waals surface area contributed by atoms with E-state index in [-0.39, 0.29) is 11.3 Å². The summed E-state index contributed by atoms with van der Waals surface area (Å²) >= 11 is 0. The normalized spacial score (nSPS) is 17.5. The molecule has 1 unspecified atom stereocenters. The SMILES string of the molecule is CC1CCCN(Cc2ccc(C(=O)NCCOc3ccccc3C(C)(C)C)cc2)C1. The highest BCUT2D eigenvalue weighted by Crippen LogP contribution is 2.30. The monoisotopic (exact) mass is 408 g/mol. The Balaban J connectivity index is 1.45. The number of rotatable bonds is 7. The second-order valence-electron chi connectivity index (χ2n) is 9.53. The van der Waals surface area contributed by atoms with Crippen molar-refractivity contribution in [1.29, 1.82) is 0 Å². The van der Waals surface area contributed by atoms with Crippen molar-refractivity contribution in [3.63, 3.8) is 0 Å². The number of carbonyl (C=O) groups excluding carboxylic acids is 1. The second kappa shape index (κ2) is 10.1. The maximum absolute atomic E-state index is 12.4. The molecule has 2 aromatic carbocycles. The summed E-state index contributed by atoms with van der Waals surface area (Å²) in [5, 5.41) is 2.96. The Labute approximate surface area is 181 Å². The van der Waals surface area contributed by atoms with Gasteiger partial charge < -0.3 is 10.1 Å². The lowest BCUT2D eigenvalue weighted by atomic mass is 9.86. The highest BCUT2D eigenvalue weighted by molar-refractivity contribution is 5.94. The fraction of sp³-hybridized carbons (Fsp3) is 0.500. The van der Waals surface area contributed by atoms with Gasteiger partial charge in [-0.15, -0.1) is 0 Å². The highest BCUT2D eigenvalue weighted by Gasteiger charge is 2.18. The molecule has 162 valence electrons. The topological polar surface area (TPSA) is 41.6 Å². The number of ether oxygens (including phenoxy) is 1. The summed E-state index contributed by atoms with van der Waals surface area (Å²) < 4.78 is 5.94. The molecule has 4 heteroatoms. The van der Waals surface area contributed by atoms with Crippen LogP contribution in [-0.4, -0.2) is 37.0 Å². The molecule has 1 fully saturated rings. The Morgan fingerprint density at radius 1 is 1.13 bits per heavy atom. The van der Waals surface area contributed by atoms with Gasteiger partial charge in [-0.3, -0.25) is 9.69 Å². The number of benzene rings is 2. The van der Waals surface area contributed by atoms with Crippen molar-refractivity contribution in [2.75, 3.05) is 26.2 Å². The number of amides is 1. The number of hydrogen-bond acceptors (Lipinski definition) is 3. The van der Waals surface area contributed by atoms with E-state index in [1.54, 1.807) is 0 Å². The number of nitrogens with zero attached hydrogens (tertiary/aromatic N) is 1. The van der Waals surface area contributed by atoms with Gasteiger partial charge in [-0.25, -0.2) is 0 Å². The van der Waals surface area contributed by atoms with E-state index < -0.39 is 0 Å². The van der Waals surface area contributed by atoms with Crippen LogP contribution < -0.4 is 10.1 Å². The Hall–Kier alpha value is -2.33. The molecule has 1 N–H and O–H groups in total. The van der Waals surface area contributed by atoms with E-state index in [1.807, 2.05) is 30.3 Å². The highest BCUT2D eigenvalue weighted by atomic mass is 16.5. The second-order valence-corrected chi connectivity index (χ2v) is 9.53. The first-order valence-electron chi connectivity index (χ1n) is 11.1. The summed E-state index contributed by atoms with van der Waals surface area (Å²) in [6.45, 7) is 13.1. The van der Waals surface area contributed by atoms with E-state index in [4.69, 9.17) is 4.74 Å². The Bertz CT molecular complexity index is 824. The number of carbonyl (C=O) groups is 1. The molecule has 0 aromatic heterocycles. The predicted octanol–water partition coefficient (Wildman–Crippen LogP) is 5.02. The lowest BCUT2D eigenvalue weighted by Gasteiger charge is -2.30. The zero-order chi connectivity index (χ0) is 21.6. The average molecular weight is 409 g/mol. The van der Waals surface area contributed by atoms with Crippen LogP contribution >= 0.6 is 0 Å². The van der Waals surface area contributed by atoms with E-state index in [1.165, 1.54) is 37.1 Å². The van der Waals surface area contributed by atoms with Gasteiger partial charge in [0.25, 0.3) is 5.91 Å². The molecule has 0 spiro atoms. The molecular formula is C26H36N2O2. The molecule has 3 rings (SSSR count). The van der Waals surface area contributed by atoms with Gasteiger partial charge in [0.1, 0.15) is 12.4 Å². The summed E-state index contributed by atoms with van der Waals surface area (Å²) in [4.78, 5) is 15.0. The van der Waals surface area contributed by atoms with E-state index in [2.05, 4.69) is 56.1 Å². The molecule has 1 amide bonds. The van der Waals surface area contributed by atoms with Gasteiger partial charge in [0.2, 0.25) is 0 Å². The lowest BCUT2D eigenvalue weighted by Crippen LogP contribution is -2.33. The summed E-state index contributed by atoms with van der Waals surface area (Å²) in [6.07, 6.45) is 2.62. The first-order valence-corrected chi connectivity index (χ1v) is 11.1. The third kappa shape index (κ3) is 6.33. The molecule has 2 aromatic rings. The molecule has 0 radical (unpaired) electrons. The Morgan fingerprint density at radius 2 is 1.87 bits per heavy atom. The number of likely N-dealkylation sites (tertiary alicyclic amines) is 1. The maximum Gasteiger partial charge on any atom is 0.251 e. The Kier molecular flexibility index (Phi) is 7.54. The average Bonchev–Trinajstić information content (AvgIpc) is 2.71. The van der Waals surface area contributed by atoms with Crippen molar-refractivity contribution in [1.82, 2.24) is 10.2 Å². The standard InChI is InChI=1S/C26H36N2O2/c1-20-8-7-16-28(18-20)19-21-11-13-22(14-12-21)25(29)27-15-17-30-24-10-6-5-9-23(24)26(2,3)4/h5-6,9-14,20H,7-8,15-19H2,1-4H3,(H,27,29). The molecule has 1 saturated heterocycles. The van der Waals surface area contributed by atoms with Gasteiger partial charge in [-0.05, 0) is 60.0 Å². The molecule has 1 aliphatic rings. The van der Waals surface area contributed by atoms with Crippen molar-refractivity contribution < 1.29 is 9.53 Å². The zero-order valence-corrected chi connectivity index (χ0v) is 18.9. The molecule has 1 atom stereocenters. The summed E-state index contributed by atoms with van der Waals surface area (Å²) in [5.41, 5.74) is 3.16. The van der Waals surface area contributed by atoms with Crippen LogP contribution in [0.4, 0.5) is 0 Å². The van der Waals surface area contributed by atoms with Gasteiger partial charge in [-0.1, -0.05) is 58.0 Å². The molecule has 0 aliphatic carbocycles. The zero-order valence-electron chi connectivity index (χ0n) is 18.9. The third-order valence-corrected chi connectivity index (χ3v) is 5.70. The quantitative estimate of drug-likeness (QED) is 0.654. The fourth-order valence-corrected chi connectivity index (χ4v) is 4.09. The van der Waals surface area contributed by atoms with Crippen LogP contribution in [0.2, 0.25) is 0 Å². The van der Waals surface area contributed by atoms with Crippen molar-refractivity contribution in [2.45, 2.75) is 52.5 Å². The van der Waals surface area contributed by atoms with Crippen LogP contribution in [0.3, 0.4) is 0 Å². The van der Waals surface area contributed by atoms with Crippen LogP contribution in [0.5, 0.6) is 5.75 Å². The largest absolute Gasteiger partial charge is 0.491 e. The first kappa shape index (κ1) is 22.4. The van der Waals surface area contributed by atoms with Crippen molar-refractivity contribution in [2.24, 2.45) is 5.92 Å². The minimum atomic E-state index is -0.0548. The van der Waals surface area contributed by atoms with Gasteiger partial charge in [0.15, 0.2) is 0 Å². The third-order valence-electron chi connectivity index (χ3n) is 5.70. The van der Waals surface area contributed by atoms with Gasteiger partial charge >= 0.3 is 0 Å². The predicted molar refractivity (Wildman–Crippen MR) is 123 cm³/mol. The summed E-state index contributed by atoms with van der Waals surface area (Å²) in [7, 11) is 0. The van der Waals surface area contributed by atoms with Gasteiger partial charge in [0.05, 0.1) is 6.54 Å². The minimum absolute atomic E-state index is 0.0217. The van der Waals surface area contributed by atoms with Crippen LogP contribution in [-0.2, 0) is 12.0 Å². The van der Waals surface area contributed by atoms with Gasteiger partial charge in [0, 0.05) is 18.7 Å². The summed E-state index contributed by atoms with van der Waals surface area (Å²) in [6, 6.07) is 16.1. The minimum Gasteiger partial charge on any atom is -0.491 e. The van der Waals surface area contributed by atoms with Crippen LogP contribution in [0.1, 0.15) is 62.0 Å². The van der Waals surface area contributed by atoms with E-state index >= 15 is 0 Å². The summed E-state index contributed by atoms with van der Waals surface area (Å²) in [5.74, 6) is 1.61. The lowest BCUT2D eigenvalue weighted by molar-refractivity contribution is 0.0946. The van der Waals surface area contributed by atoms with Crippen molar-refractivity contribution in [3.05, 3.63) is 65.2 Å². The molecule has 0 bridgehead atoms. The molecule has 0 saturated carbocycles. The Morgan fingerprint density at radius 3 is 2.57 bits per heavy atom. The number of hydrogen-bond donors (Lipinski definition) is 1. The molecule has 1 heterocycles. The number of para-hydroxylation sites is 1. The molecule has 4 nitrogen and oxygen atoms in total. The first-order chi connectivity index (χ1) is 14.3. The smallest absolute Gasteiger partial charge is 0.251 e. The van der Waals surface area contributed by atoms with E-state index in [9.17, 15) is 4.79 Å². The van der Waals surface area contributed by atoms with E-state index in [0.717, 1.165) is 18.2 Å². The van der Waals surface area contributed by atoms with Crippen LogP contribution in [0.25, 0.3) is 0 Å². The molecule has 1 aliphatic heterocycles. The van der Waals surface area contributed by atoms with Crippen molar-refractivity contribution in [3.8, 4) is 5.75 Å². The maximum atomic E-state index is 12.4. The number of nitrogens with one attached hydrogen (secondary N) is 1. The van der Waals surface area contributed by atoms with E-state index in [0.29, 0.717) is 18.7 Å².